The van der Waals surface area contributed by atoms with Gasteiger partial charge in [0.2, 0.25) is 0 Å². The number of nitriles is 1. The van der Waals surface area contributed by atoms with Crippen molar-refractivity contribution < 1.29 is 14.3 Å². The predicted octanol–water partition coefficient (Wildman–Crippen LogP) is 3.76. The Bertz CT molecular complexity index is 2000. The molecule has 0 bridgehead atoms. The van der Waals surface area contributed by atoms with Crippen LogP contribution in [0.3, 0.4) is 0 Å². The van der Waals surface area contributed by atoms with Crippen molar-refractivity contribution in [1.29, 1.82) is 5.26 Å². The van der Waals surface area contributed by atoms with Crippen molar-refractivity contribution in [1.82, 2.24) is 33.8 Å². The Morgan fingerprint density at radius 2 is 1.74 bits per heavy atom. The summed E-state index contributed by atoms with van der Waals surface area (Å²) >= 11 is 0. The lowest BCUT2D eigenvalue weighted by Crippen LogP contribution is -2.66. The maximum atomic E-state index is 14.2. The first-order chi connectivity index (χ1) is 24.1. The van der Waals surface area contributed by atoms with Crippen molar-refractivity contribution in [3.63, 3.8) is 0 Å². The van der Waals surface area contributed by atoms with E-state index in [1.165, 1.54) is 10.9 Å². The van der Waals surface area contributed by atoms with Crippen LogP contribution >= 0.6 is 0 Å². The predicted molar refractivity (Wildman–Crippen MR) is 189 cm³/mol. The lowest BCUT2D eigenvalue weighted by Gasteiger charge is -2.52. The number of piperazine rings is 1. The molecule has 2 N–H and O–H groups in total. The van der Waals surface area contributed by atoms with Gasteiger partial charge in [-0.2, -0.15) is 5.26 Å². The molecule has 0 radical (unpaired) electrons. The summed E-state index contributed by atoms with van der Waals surface area (Å²) in [6.45, 7) is 12.1. The van der Waals surface area contributed by atoms with Crippen LogP contribution in [0.5, 0.6) is 11.5 Å². The van der Waals surface area contributed by atoms with Gasteiger partial charge >= 0.3 is 5.69 Å². The summed E-state index contributed by atoms with van der Waals surface area (Å²) in [5.74, 6) is 1.16. The second-order valence-electron chi connectivity index (χ2n) is 14.2. The third-order valence-corrected chi connectivity index (χ3v) is 10.3. The maximum Gasteiger partial charge on any atom is 0.335 e. The summed E-state index contributed by atoms with van der Waals surface area (Å²) in [4.78, 5) is 43.3. The van der Waals surface area contributed by atoms with Crippen LogP contribution in [0.15, 0.2) is 77.4 Å². The highest BCUT2D eigenvalue weighted by Crippen LogP contribution is 2.31. The molecule has 3 aliphatic rings. The van der Waals surface area contributed by atoms with Crippen molar-refractivity contribution in [3.8, 4) is 23.3 Å². The monoisotopic (exact) mass is 677 g/mol. The SMILES string of the molecule is CC(C)(/C=C(/C#N)C(=O)N1CCC[C@@H](n2c(=O)n(-c3ccc(Oc4ccccc4)cc3)c3c(N)ncnc32)C1)N1CCN(C2(C)COC2)CC1. The molecule has 0 saturated carbocycles. The second-order valence-corrected chi connectivity index (χ2v) is 14.2. The number of nitrogens with zero attached hydrogens (tertiary/aromatic N) is 8. The average Bonchev–Trinajstić information content (AvgIpc) is 3.42. The molecular weight excluding hydrogens is 634 g/mol. The Balaban J connectivity index is 1.12. The molecule has 0 aliphatic carbocycles. The topological polar surface area (TPSA) is 148 Å². The number of carbonyl (C=O) groups is 1. The van der Waals surface area contributed by atoms with Gasteiger partial charge in [-0.3, -0.25) is 23.7 Å². The van der Waals surface area contributed by atoms with Crippen LogP contribution in [-0.2, 0) is 9.53 Å². The van der Waals surface area contributed by atoms with E-state index in [9.17, 15) is 14.9 Å². The fraction of sp³-hybridized carbons (Fsp3) is 0.432. The van der Waals surface area contributed by atoms with Gasteiger partial charge in [0, 0.05) is 44.8 Å². The molecule has 3 saturated heterocycles. The van der Waals surface area contributed by atoms with E-state index in [2.05, 4.69) is 46.6 Å². The van der Waals surface area contributed by atoms with Crippen LogP contribution in [0.2, 0.25) is 0 Å². The van der Waals surface area contributed by atoms with Gasteiger partial charge < -0.3 is 20.1 Å². The summed E-state index contributed by atoms with van der Waals surface area (Å²) in [7, 11) is 0. The minimum Gasteiger partial charge on any atom is -0.457 e. The zero-order valence-corrected chi connectivity index (χ0v) is 28.8. The van der Waals surface area contributed by atoms with Crippen LogP contribution in [0.1, 0.15) is 39.7 Å². The summed E-state index contributed by atoms with van der Waals surface area (Å²) < 4.78 is 14.5. The van der Waals surface area contributed by atoms with Crippen LogP contribution in [0.25, 0.3) is 16.9 Å². The highest BCUT2D eigenvalue weighted by molar-refractivity contribution is 5.97. The Morgan fingerprint density at radius 3 is 2.40 bits per heavy atom. The van der Waals surface area contributed by atoms with Gasteiger partial charge in [0.05, 0.1) is 30.5 Å². The van der Waals surface area contributed by atoms with Crippen molar-refractivity contribution >= 4 is 22.9 Å². The summed E-state index contributed by atoms with van der Waals surface area (Å²) in [6, 6.07) is 18.4. The highest BCUT2D eigenvalue weighted by Gasteiger charge is 2.42. The molecule has 1 atom stereocenters. The van der Waals surface area contributed by atoms with Crippen molar-refractivity contribution in [3.05, 3.63) is 83.1 Å². The largest absolute Gasteiger partial charge is 0.457 e. The Kier molecular flexibility index (Phi) is 8.94. The number of carbonyl (C=O) groups excluding carboxylic acids is 1. The van der Waals surface area contributed by atoms with Crippen molar-refractivity contribution in [2.45, 2.75) is 50.7 Å². The molecule has 2 aromatic heterocycles. The zero-order chi connectivity index (χ0) is 35.0. The van der Waals surface area contributed by atoms with E-state index in [1.54, 1.807) is 39.8 Å². The van der Waals surface area contributed by atoms with E-state index in [4.69, 9.17) is 15.2 Å². The first kappa shape index (κ1) is 33.5. The highest BCUT2D eigenvalue weighted by atomic mass is 16.5. The van der Waals surface area contributed by atoms with E-state index in [0.29, 0.717) is 47.7 Å². The van der Waals surface area contributed by atoms with E-state index in [-0.39, 0.29) is 41.1 Å². The number of likely N-dealkylation sites (tertiary alicyclic amines) is 1. The molecule has 13 heteroatoms. The van der Waals surface area contributed by atoms with Gasteiger partial charge in [-0.25, -0.2) is 14.8 Å². The number of hydrogen-bond donors (Lipinski definition) is 1. The number of para-hydroxylation sites is 1. The molecule has 0 unspecified atom stereocenters. The number of amides is 1. The molecule has 5 heterocycles. The second kappa shape index (κ2) is 13.4. The quantitative estimate of drug-likeness (QED) is 0.216. The average molecular weight is 678 g/mol. The molecule has 4 aromatic rings. The fourth-order valence-corrected chi connectivity index (χ4v) is 7.43. The number of hydrogen-bond acceptors (Lipinski definition) is 10. The third kappa shape index (κ3) is 6.26. The summed E-state index contributed by atoms with van der Waals surface area (Å²) in [5.41, 5.74) is 7.11. The maximum absolute atomic E-state index is 14.2. The molecule has 13 nitrogen and oxygen atoms in total. The van der Waals surface area contributed by atoms with E-state index >= 15 is 0 Å². The van der Waals surface area contributed by atoms with Crippen molar-refractivity contribution in [2.75, 3.05) is 58.2 Å². The van der Waals surface area contributed by atoms with Crippen LogP contribution in [0.4, 0.5) is 5.82 Å². The number of imidazole rings is 1. The van der Waals surface area contributed by atoms with Crippen molar-refractivity contribution in [2.24, 2.45) is 0 Å². The number of piperidine rings is 1. The molecule has 2 aromatic carbocycles. The third-order valence-electron chi connectivity index (χ3n) is 10.3. The van der Waals surface area contributed by atoms with Gasteiger partial charge in [-0.1, -0.05) is 18.2 Å². The first-order valence-corrected chi connectivity index (χ1v) is 17.1. The zero-order valence-electron chi connectivity index (χ0n) is 28.8. The molecule has 7 rings (SSSR count). The normalized spacial score (nSPS) is 20.3. The summed E-state index contributed by atoms with van der Waals surface area (Å²) in [5, 5.41) is 10.2. The van der Waals surface area contributed by atoms with Gasteiger partial charge in [-0.15, -0.1) is 0 Å². The number of nitrogens with two attached hydrogens (primary N) is 1. The Morgan fingerprint density at radius 1 is 1.04 bits per heavy atom. The van der Waals surface area contributed by atoms with E-state index in [1.807, 2.05) is 30.3 Å². The molecule has 3 fully saturated rings. The van der Waals surface area contributed by atoms with Gasteiger partial charge in [0.25, 0.3) is 5.91 Å². The smallest absolute Gasteiger partial charge is 0.335 e. The Labute approximate surface area is 291 Å². The molecule has 0 spiro atoms. The Hall–Kier alpha value is -5.03. The van der Waals surface area contributed by atoms with Gasteiger partial charge in [0.1, 0.15) is 35.0 Å². The number of aromatic nitrogens is 4. The lowest BCUT2D eigenvalue weighted by atomic mass is 9.94. The van der Waals surface area contributed by atoms with Gasteiger partial charge in [0.15, 0.2) is 11.5 Å². The number of rotatable bonds is 8. The molecular formula is C37H43N9O4. The number of nitrogen functional groups attached to an aromatic ring is 1. The molecule has 50 heavy (non-hydrogen) atoms. The molecule has 1 amide bonds. The standard InChI is InChI=1S/C37H43N9O4/c1-36(2,43-16-18-44(19-17-43)37(3)23-49-24-37)20-26(21-38)34(47)42-15-7-8-28(22-42)46-33-31(32(39)40-25-41-33)45(35(46)48)27-11-13-30(14-12-27)50-29-9-5-4-6-10-29/h4-6,9-14,20,25,28H,7-8,15-19,22-24H2,1-3H3,(H2,39,40,41)/b26-20-/t28-/m1/s1. The number of benzene rings is 2. The minimum absolute atomic E-state index is 0.0960. The summed E-state index contributed by atoms with van der Waals surface area (Å²) in [6.07, 6.45) is 4.47. The van der Waals surface area contributed by atoms with Crippen LogP contribution < -0.4 is 16.2 Å². The number of anilines is 1. The lowest BCUT2D eigenvalue weighted by molar-refractivity contribution is -0.142. The number of fused-ring (bicyclic) bond motifs is 1. The van der Waals surface area contributed by atoms with E-state index in [0.717, 1.165) is 39.4 Å². The van der Waals surface area contributed by atoms with Gasteiger partial charge in [-0.05, 0) is 76.1 Å². The minimum atomic E-state index is -0.500. The van der Waals surface area contributed by atoms with Crippen LogP contribution in [0, 0.1) is 11.3 Å². The molecule has 260 valence electrons. The molecule has 3 aliphatic heterocycles. The first-order valence-electron chi connectivity index (χ1n) is 17.1. The van der Waals surface area contributed by atoms with Crippen LogP contribution in [-0.4, -0.2) is 103 Å². The van der Waals surface area contributed by atoms with E-state index < -0.39 is 5.54 Å². The fourth-order valence-electron chi connectivity index (χ4n) is 7.43. The number of ether oxygens (including phenoxy) is 2.